The average Bonchev–Trinajstić information content (AvgIpc) is 2.91. The maximum Gasteiger partial charge on any atom is 0.231 e. The van der Waals surface area contributed by atoms with Crippen molar-refractivity contribution in [3.8, 4) is 11.5 Å². The molecular weight excluding hydrogens is 272 g/mol. The number of rotatable bonds is 4. The molecule has 1 aromatic rings. The van der Waals surface area contributed by atoms with Crippen LogP contribution in [0.1, 0.15) is 38.4 Å². The van der Waals surface area contributed by atoms with Gasteiger partial charge in [0, 0.05) is 0 Å². The fraction of sp³-hybridized carbons (Fsp3) is 0.625. The van der Waals surface area contributed by atoms with Crippen molar-refractivity contribution in [2.24, 2.45) is 0 Å². The van der Waals surface area contributed by atoms with E-state index in [4.69, 9.17) is 18.9 Å². The van der Waals surface area contributed by atoms with E-state index in [2.05, 4.69) is 13.8 Å². The summed E-state index contributed by atoms with van der Waals surface area (Å²) in [6.45, 7) is 4.63. The maximum absolute atomic E-state index is 10.3. The largest absolute Gasteiger partial charge is 0.454 e. The van der Waals surface area contributed by atoms with Crippen LogP contribution in [0.3, 0.4) is 0 Å². The minimum absolute atomic E-state index is 0.146. The molecule has 21 heavy (non-hydrogen) atoms. The molecule has 2 aliphatic rings. The molecule has 0 aromatic heterocycles. The normalized spacial score (nSPS) is 29.4. The van der Waals surface area contributed by atoms with Crippen LogP contribution in [0, 0.1) is 0 Å². The molecule has 1 saturated heterocycles. The molecule has 1 aromatic carbocycles. The van der Waals surface area contributed by atoms with Gasteiger partial charge in [0.15, 0.2) is 11.5 Å². The second-order valence-electron chi connectivity index (χ2n) is 5.81. The number of fused-ring (bicyclic) bond motifs is 1. The summed E-state index contributed by atoms with van der Waals surface area (Å²) in [5, 5.41) is 10.3. The summed E-state index contributed by atoms with van der Waals surface area (Å²) >= 11 is 0. The van der Waals surface area contributed by atoms with Gasteiger partial charge in [-0.2, -0.15) is 0 Å². The summed E-state index contributed by atoms with van der Waals surface area (Å²) in [6.07, 6.45) is 1.65. The van der Waals surface area contributed by atoms with E-state index in [1.807, 2.05) is 18.2 Å². The number of hydrogen-bond donors (Lipinski definition) is 1. The van der Waals surface area contributed by atoms with E-state index in [1.165, 1.54) is 0 Å². The van der Waals surface area contributed by atoms with Gasteiger partial charge in [0.2, 0.25) is 6.79 Å². The predicted octanol–water partition coefficient (Wildman–Crippen LogP) is 2.42. The Morgan fingerprint density at radius 2 is 1.90 bits per heavy atom. The fourth-order valence-corrected chi connectivity index (χ4v) is 2.92. The highest BCUT2D eigenvalue weighted by molar-refractivity contribution is 5.45. The lowest BCUT2D eigenvalue weighted by Gasteiger charge is -2.32. The van der Waals surface area contributed by atoms with Gasteiger partial charge in [0.1, 0.15) is 6.10 Å². The molecule has 116 valence electrons. The molecule has 0 aliphatic carbocycles. The highest BCUT2D eigenvalue weighted by Crippen LogP contribution is 2.34. The van der Waals surface area contributed by atoms with Crippen molar-refractivity contribution < 1.29 is 24.1 Å². The van der Waals surface area contributed by atoms with Crippen LogP contribution in [0.4, 0.5) is 0 Å². The number of aliphatic hydroxyl groups is 1. The van der Waals surface area contributed by atoms with E-state index >= 15 is 0 Å². The Kier molecular flexibility index (Phi) is 4.33. The van der Waals surface area contributed by atoms with Crippen LogP contribution in [0.25, 0.3) is 0 Å². The molecule has 3 atom stereocenters. The zero-order valence-corrected chi connectivity index (χ0v) is 12.5. The Hall–Kier alpha value is -1.30. The molecule has 5 nitrogen and oxygen atoms in total. The second kappa shape index (κ2) is 6.22. The quantitative estimate of drug-likeness (QED) is 0.924. The Morgan fingerprint density at radius 3 is 2.67 bits per heavy atom. The first kappa shape index (κ1) is 14.6. The molecule has 0 spiro atoms. The molecule has 1 fully saturated rings. The van der Waals surface area contributed by atoms with Crippen molar-refractivity contribution in [2.75, 3.05) is 13.4 Å². The summed E-state index contributed by atoms with van der Waals surface area (Å²) < 4.78 is 22.1. The van der Waals surface area contributed by atoms with Crippen LogP contribution in [0.2, 0.25) is 0 Å². The van der Waals surface area contributed by atoms with Crippen molar-refractivity contribution in [2.45, 2.75) is 51.1 Å². The minimum Gasteiger partial charge on any atom is -0.454 e. The molecule has 3 rings (SSSR count). The summed E-state index contributed by atoms with van der Waals surface area (Å²) in [5.41, 5.74) is 0.785. The van der Waals surface area contributed by atoms with E-state index in [0.717, 1.165) is 24.2 Å². The van der Waals surface area contributed by atoms with Gasteiger partial charge in [-0.25, -0.2) is 0 Å². The number of ether oxygens (including phenoxy) is 4. The van der Waals surface area contributed by atoms with Gasteiger partial charge in [-0.15, -0.1) is 0 Å². The lowest BCUT2D eigenvalue weighted by atomic mass is 10.0. The summed E-state index contributed by atoms with van der Waals surface area (Å²) in [6, 6.07) is 5.47. The summed E-state index contributed by atoms with van der Waals surface area (Å²) in [7, 11) is 0. The van der Waals surface area contributed by atoms with E-state index in [1.54, 1.807) is 0 Å². The summed E-state index contributed by atoms with van der Waals surface area (Å²) in [5.74, 6) is 1.40. The first-order chi connectivity index (χ1) is 10.1. The molecule has 5 heteroatoms. The molecule has 0 radical (unpaired) electrons. The van der Waals surface area contributed by atoms with Gasteiger partial charge in [-0.05, 0) is 44.4 Å². The third kappa shape index (κ3) is 3.48. The standard InChI is InChI=1S/C16H22O5/c1-10-5-13(6-11(2)21-10)18-8-14(17)12-3-4-15-16(7-12)20-9-19-15/h3-4,7,10-11,13-14,17H,5-6,8-9H2,1-2H3. The first-order valence-electron chi connectivity index (χ1n) is 7.46. The molecule has 3 unspecified atom stereocenters. The topological polar surface area (TPSA) is 57.2 Å². The fourth-order valence-electron chi connectivity index (χ4n) is 2.92. The predicted molar refractivity (Wildman–Crippen MR) is 76.5 cm³/mol. The number of aliphatic hydroxyl groups excluding tert-OH is 1. The van der Waals surface area contributed by atoms with Gasteiger partial charge < -0.3 is 24.1 Å². The van der Waals surface area contributed by atoms with Gasteiger partial charge in [0.25, 0.3) is 0 Å². The Balaban J connectivity index is 1.55. The number of benzene rings is 1. The van der Waals surface area contributed by atoms with Crippen molar-refractivity contribution in [1.82, 2.24) is 0 Å². The van der Waals surface area contributed by atoms with Crippen molar-refractivity contribution >= 4 is 0 Å². The van der Waals surface area contributed by atoms with Gasteiger partial charge in [-0.1, -0.05) is 6.07 Å². The molecule has 2 heterocycles. The van der Waals surface area contributed by atoms with Crippen LogP contribution in [0.15, 0.2) is 18.2 Å². The minimum atomic E-state index is -0.659. The van der Waals surface area contributed by atoms with Crippen molar-refractivity contribution in [3.63, 3.8) is 0 Å². The third-order valence-corrected chi connectivity index (χ3v) is 3.93. The van der Waals surface area contributed by atoms with Crippen LogP contribution in [0.5, 0.6) is 11.5 Å². The zero-order valence-electron chi connectivity index (χ0n) is 12.5. The lowest BCUT2D eigenvalue weighted by Crippen LogP contribution is -2.34. The molecule has 0 bridgehead atoms. The summed E-state index contributed by atoms with van der Waals surface area (Å²) in [4.78, 5) is 0. The van der Waals surface area contributed by atoms with E-state index in [9.17, 15) is 5.11 Å². The first-order valence-corrected chi connectivity index (χ1v) is 7.46. The molecule has 1 N–H and O–H groups in total. The Morgan fingerprint density at radius 1 is 1.19 bits per heavy atom. The van der Waals surface area contributed by atoms with Crippen LogP contribution in [-0.4, -0.2) is 36.8 Å². The third-order valence-electron chi connectivity index (χ3n) is 3.93. The van der Waals surface area contributed by atoms with Gasteiger partial charge in [-0.3, -0.25) is 0 Å². The molecule has 0 amide bonds. The number of hydrogen-bond acceptors (Lipinski definition) is 5. The molecular formula is C16H22O5. The Labute approximate surface area is 124 Å². The van der Waals surface area contributed by atoms with E-state index in [0.29, 0.717) is 5.75 Å². The smallest absolute Gasteiger partial charge is 0.231 e. The SMILES string of the molecule is CC1CC(OCC(O)c2ccc3c(c2)OCO3)CC(C)O1. The lowest BCUT2D eigenvalue weighted by molar-refractivity contribution is -0.113. The van der Waals surface area contributed by atoms with Gasteiger partial charge in [0.05, 0.1) is 24.9 Å². The van der Waals surface area contributed by atoms with Crippen LogP contribution in [-0.2, 0) is 9.47 Å². The zero-order chi connectivity index (χ0) is 14.8. The van der Waals surface area contributed by atoms with Crippen LogP contribution < -0.4 is 9.47 Å². The highest BCUT2D eigenvalue weighted by Gasteiger charge is 2.26. The van der Waals surface area contributed by atoms with Gasteiger partial charge >= 0.3 is 0 Å². The highest BCUT2D eigenvalue weighted by atomic mass is 16.7. The van der Waals surface area contributed by atoms with Crippen molar-refractivity contribution in [3.05, 3.63) is 23.8 Å². The monoisotopic (exact) mass is 294 g/mol. The average molecular weight is 294 g/mol. The molecule has 2 aliphatic heterocycles. The molecule has 0 saturated carbocycles. The maximum atomic E-state index is 10.3. The van der Waals surface area contributed by atoms with Crippen LogP contribution >= 0.6 is 0 Å². The second-order valence-corrected chi connectivity index (χ2v) is 5.81. The van der Waals surface area contributed by atoms with Crippen molar-refractivity contribution in [1.29, 1.82) is 0 Å². The Bertz CT molecular complexity index is 480. The van der Waals surface area contributed by atoms with E-state index < -0.39 is 6.10 Å². The van der Waals surface area contributed by atoms with E-state index in [-0.39, 0.29) is 31.7 Å².